The molecule has 5 aromatic carbocycles. The number of imidazole rings is 2. The fraction of sp³-hybridized carbons (Fsp3) is 0.111. The summed E-state index contributed by atoms with van der Waals surface area (Å²) in [6.07, 6.45) is 0. The van der Waals surface area contributed by atoms with Crippen LogP contribution in [-0.2, 0) is 5.66 Å². The Kier molecular flexibility index (Phi) is 3.24. The predicted molar refractivity (Wildman–Crippen MR) is 160 cm³/mol. The van der Waals surface area contributed by atoms with Crippen LogP contribution in [0, 0.1) is 0 Å². The second kappa shape index (κ2) is 6.42. The number of para-hydroxylation sites is 5. The van der Waals surface area contributed by atoms with E-state index in [1.54, 1.807) is 0 Å². The Morgan fingerprint density at radius 2 is 1.34 bits per heavy atom. The standard InChI is InChI=1S/C36H24N4O/c1-20(2)37-25-13-5-7-15-27(25)39-34(37)23-11-9-17-29-32(23)36(39)33-30(41-29)19-18-22-21-10-3-4-12-24(21)38-26-14-6-8-16-28(26)40(36)35(38)31(22)33/h3-20H,1-2H3/q+2. The molecule has 5 heteroatoms. The van der Waals surface area contributed by atoms with Gasteiger partial charge in [-0.25, -0.2) is 4.57 Å². The van der Waals surface area contributed by atoms with E-state index >= 15 is 0 Å². The normalized spacial score (nSPS) is 17.5. The Morgan fingerprint density at radius 1 is 0.634 bits per heavy atom. The van der Waals surface area contributed by atoms with Crippen LogP contribution >= 0.6 is 0 Å². The number of hydrogen-bond donors (Lipinski definition) is 0. The molecule has 3 aromatic heterocycles. The quantitative estimate of drug-likeness (QED) is 0.163. The van der Waals surface area contributed by atoms with E-state index in [0.717, 1.165) is 11.5 Å². The minimum Gasteiger partial charge on any atom is -0.456 e. The Bertz CT molecular complexity index is 2550. The topological polar surface area (TPSA) is 26.3 Å². The van der Waals surface area contributed by atoms with E-state index in [1.807, 2.05) is 0 Å². The number of hydrogen-bond acceptors (Lipinski definition) is 1. The zero-order valence-electron chi connectivity index (χ0n) is 22.6. The lowest BCUT2D eigenvalue weighted by molar-refractivity contribution is -0.929. The van der Waals surface area contributed by atoms with Crippen LogP contribution in [0.25, 0.3) is 60.8 Å². The predicted octanol–water partition coefficient (Wildman–Crippen LogP) is 7.21. The lowest BCUT2D eigenvalue weighted by Gasteiger charge is -2.30. The van der Waals surface area contributed by atoms with Crippen LogP contribution in [0.3, 0.4) is 0 Å². The average molecular weight is 529 g/mol. The summed E-state index contributed by atoms with van der Waals surface area (Å²) >= 11 is 0. The van der Waals surface area contributed by atoms with E-state index in [4.69, 9.17) is 4.74 Å². The molecule has 3 aliphatic rings. The van der Waals surface area contributed by atoms with Crippen molar-refractivity contribution in [2.45, 2.75) is 25.6 Å². The number of pyridine rings is 1. The maximum absolute atomic E-state index is 6.84. The first-order chi connectivity index (χ1) is 20.2. The van der Waals surface area contributed by atoms with Crippen LogP contribution in [0.4, 0.5) is 0 Å². The van der Waals surface area contributed by atoms with Crippen LogP contribution < -0.4 is 13.9 Å². The van der Waals surface area contributed by atoms with Crippen molar-refractivity contribution >= 4 is 49.4 Å². The van der Waals surface area contributed by atoms with Gasteiger partial charge in [-0.2, -0.15) is 13.5 Å². The minimum atomic E-state index is -0.623. The third-order valence-electron chi connectivity index (χ3n) is 9.78. The summed E-state index contributed by atoms with van der Waals surface area (Å²) in [5.41, 5.74) is 10.5. The molecule has 3 aliphatic heterocycles. The first-order valence-corrected chi connectivity index (χ1v) is 14.4. The van der Waals surface area contributed by atoms with Crippen molar-refractivity contribution in [3.63, 3.8) is 0 Å². The molecule has 0 amide bonds. The SMILES string of the molecule is CC(C)n1c2[n+](c3ccccc31)C13c4c(cccc4-2)Oc2ccc4c5ccccc5n5c6ccccc6[n+]1c5c4c23. The van der Waals surface area contributed by atoms with Crippen molar-refractivity contribution < 1.29 is 13.9 Å². The Morgan fingerprint density at radius 3 is 2.17 bits per heavy atom. The maximum atomic E-state index is 6.84. The highest BCUT2D eigenvalue weighted by Crippen LogP contribution is 2.58. The Labute approximate surface area is 234 Å². The molecule has 1 unspecified atom stereocenters. The van der Waals surface area contributed by atoms with Crippen molar-refractivity contribution in [3.8, 4) is 22.9 Å². The molecule has 41 heavy (non-hydrogen) atoms. The minimum absolute atomic E-state index is 0.280. The first kappa shape index (κ1) is 20.7. The van der Waals surface area contributed by atoms with E-state index in [2.05, 4.69) is 135 Å². The highest BCUT2D eigenvalue weighted by Gasteiger charge is 2.68. The number of ether oxygens (including phenoxy) is 1. The Hall–Kier alpha value is -5.16. The fourth-order valence-electron chi connectivity index (χ4n) is 8.58. The van der Waals surface area contributed by atoms with Gasteiger partial charge in [-0.15, -0.1) is 0 Å². The van der Waals surface area contributed by atoms with Gasteiger partial charge < -0.3 is 4.74 Å². The van der Waals surface area contributed by atoms with Gasteiger partial charge in [-0.05, 0) is 68.4 Å². The summed E-state index contributed by atoms with van der Waals surface area (Å²) in [6.45, 7) is 4.58. The lowest BCUT2D eigenvalue weighted by atomic mass is 9.85. The maximum Gasteiger partial charge on any atom is 0.316 e. The van der Waals surface area contributed by atoms with Crippen molar-refractivity contribution in [1.29, 1.82) is 0 Å². The molecule has 0 saturated heterocycles. The molecular weight excluding hydrogens is 504 g/mol. The lowest BCUT2D eigenvalue weighted by Crippen LogP contribution is -2.71. The zero-order valence-corrected chi connectivity index (χ0v) is 22.6. The number of aromatic nitrogens is 4. The highest BCUT2D eigenvalue weighted by atomic mass is 16.5. The monoisotopic (exact) mass is 528 g/mol. The average Bonchev–Trinajstić information content (AvgIpc) is 3.71. The summed E-state index contributed by atoms with van der Waals surface area (Å²) in [6, 6.07) is 38.0. The number of rotatable bonds is 1. The van der Waals surface area contributed by atoms with Crippen molar-refractivity contribution in [1.82, 2.24) is 8.97 Å². The first-order valence-electron chi connectivity index (χ1n) is 14.4. The van der Waals surface area contributed by atoms with Crippen molar-refractivity contribution in [3.05, 3.63) is 114 Å². The van der Waals surface area contributed by atoms with E-state index < -0.39 is 5.66 Å². The van der Waals surface area contributed by atoms with E-state index in [1.165, 1.54) is 71.9 Å². The number of nitrogens with zero attached hydrogens (tertiary/aromatic N) is 4. The fourth-order valence-corrected chi connectivity index (χ4v) is 8.58. The van der Waals surface area contributed by atoms with Gasteiger partial charge in [0.15, 0.2) is 22.1 Å². The second-order valence-electron chi connectivity index (χ2n) is 11.9. The van der Waals surface area contributed by atoms with Crippen molar-refractivity contribution in [2.24, 2.45) is 0 Å². The smallest absolute Gasteiger partial charge is 0.316 e. The molecule has 0 saturated carbocycles. The van der Waals surface area contributed by atoms with Gasteiger partial charge >= 0.3 is 11.3 Å². The molecule has 0 radical (unpaired) electrons. The molecule has 6 heterocycles. The molecule has 192 valence electrons. The van der Waals surface area contributed by atoms with Crippen LogP contribution in [0.15, 0.2) is 103 Å². The third-order valence-corrected chi connectivity index (χ3v) is 9.78. The summed E-state index contributed by atoms with van der Waals surface area (Å²) in [4.78, 5) is 0. The summed E-state index contributed by atoms with van der Waals surface area (Å²) in [5.74, 6) is 3.11. The van der Waals surface area contributed by atoms with Gasteiger partial charge in [0.1, 0.15) is 28.1 Å². The van der Waals surface area contributed by atoms with E-state index in [-0.39, 0.29) is 6.04 Å². The van der Waals surface area contributed by atoms with E-state index in [0.29, 0.717) is 0 Å². The summed E-state index contributed by atoms with van der Waals surface area (Å²) in [5, 5.41) is 3.81. The highest BCUT2D eigenvalue weighted by molar-refractivity contribution is 6.16. The van der Waals surface area contributed by atoms with Crippen LogP contribution in [0.1, 0.15) is 31.0 Å². The molecule has 5 nitrogen and oxygen atoms in total. The molecule has 0 N–H and O–H groups in total. The molecular formula is C36H24N4O+2. The van der Waals surface area contributed by atoms with Gasteiger partial charge in [0.05, 0.1) is 17.0 Å². The number of fused-ring (bicyclic) bond motifs is 10. The molecule has 1 atom stereocenters. The second-order valence-corrected chi connectivity index (χ2v) is 11.9. The third kappa shape index (κ3) is 1.95. The van der Waals surface area contributed by atoms with Gasteiger partial charge in [-0.1, -0.05) is 48.5 Å². The summed E-state index contributed by atoms with van der Waals surface area (Å²) in [7, 11) is 0. The number of benzene rings is 5. The van der Waals surface area contributed by atoms with Gasteiger partial charge in [-0.3, -0.25) is 0 Å². The zero-order chi connectivity index (χ0) is 26.8. The Balaban J connectivity index is 1.53. The van der Waals surface area contributed by atoms with Crippen molar-refractivity contribution in [2.75, 3.05) is 0 Å². The molecule has 11 rings (SSSR count). The van der Waals surface area contributed by atoms with Crippen LogP contribution in [0.5, 0.6) is 11.5 Å². The van der Waals surface area contributed by atoms with Gasteiger partial charge in [0, 0.05) is 10.8 Å². The van der Waals surface area contributed by atoms with Gasteiger partial charge in [0.25, 0.3) is 5.82 Å². The van der Waals surface area contributed by atoms with Gasteiger partial charge in [0.2, 0.25) is 0 Å². The molecule has 0 aliphatic carbocycles. The molecule has 1 spiro atoms. The van der Waals surface area contributed by atoms with Crippen LogP contribution in [0.2, 0.25) is 0 Å². The molecule has 8 aromatic rings. The molecule has 0 bridgehead atoms. The summed E-state index contributed by atoms with van der Waals surface area (Å²) < 4.78 is 17.1. The largest absolute Gasteiger partial charge is 0.456 e. The molecule has 0 fully saturated rings. The van der Waals surface area contributed by atoms with E-state index in [9.17, 15) is 0 Å². The van der Waals surface area contributed by atoms with Crippen LogP contribution in [-0.4, -0.2) is 8.97 Å².